The second-order valence-electron chi connectivity index (χ2n) is 3.69. The molecule has 3 nitrogen and oxygen atoms in total. The first kappa shape index (κ1) is 9.93. The van der Waals surface area contributed by atoms with Crippen molar-refractivity contribution < 1.29 is 9.90 Å². The summed E-state index contributed by atoms with van der Waals surface area (Å²) in [7, 11) is 0. The molecule has 1 aromatic rings. The minimum Gasteiger partial charge on any atom is -0.480 e. The summed E-state index contributed by atoms with van der Waals surface area (Å²) in [6, 6.07) is 7.47. The zero-order chi connectivity index (χ0) is 10.8. The lowest BCUT2D eigenvalue weighted by molar-refractivity contribution is -0.139. The van der Waals surface area contributed by atoms with Crippen LogP contribution in [0.25, 0.3) is 6.08 Å². The number of carboxylic acids is 1. The number of fused-ring (bicyclic) bond motifs is 1. The lowest BCUT2D eigenvalue weighted by Gasteiger charge is -2.16. The third kappa shape index (κ3) is 1.92. The normalized spacial score (nSPS) is 19.9. The van der Waals surface area contributed by atoms with E-state index in [1.54, 1.807) is 6.92 Å². The smallest absolute Gasteiger partial charge is 0.320 e. The summed E-state index contributed by atoms with van der Waals surface area (Å²) in [4.78, 5) is 10.7. The Morgan fingerprint density at radius 3 is 2.93 bits per heavy atom. The van der Waals surface area contributed by atoms with Gasteiger partial charge in [0.05, 0.1) is 6.04 Å². The molecule has 1 aromatic carbocycles. The van der Waals surface area contributed by atoms with Crippen molar-refractivity contribution in [3.05, 3.63) is 41.5 Å². The summed E-state index contributed by atoms with van der Waals surface area (Å²) in [5, 5.41) is 11.9. The first-order chi connectivity index (χ1) is 7.18. The molecule has 15 heavy (non-hydrogen) atoms. The van der Waals surface area contributed by atoms with Gasteiger partial charge < -0.3 is 5.11 Å². The van der Waals surface area contributed by atoms with Crippen LogP contribution >= 0.6 is 0 Å². The number of nitrogens with one attached hydrogen (secondary N) is 1. The highest BCUT2D eigenvalue weighted by atomic mass is 16.4. The molecule has 2 N–H and O–H groups in total. The number of carbonyl (C=O) groups is 1. The Labute approximate surface area is 88.4 Å². The molecule has 2 atom stereocenters. The standard InChI is InChI=1S/C12H13NO2/c1-8(12(14)15)13-11-7-6-9-4-2-3-5-10(9)11/h2-8,11,13H,1H3,(H,14,15)/t8-,11-/m1/s1. The molecule has 0 spiro atoms. The van der Waals surface area contributed by atoms with Crippen molar-refractivity contribution in [1.82, 2.24) is 5.32 Å². The van der Waals surface area contributed by atoms with Crippen molar-refractivity contribution >= 4 is 12.0 Å². The van der Waals surface area contributed by atoms with Crippen LogP contribution in [0.1, 0.15) is 24.1 Å². The highest BCUT2D eigenvalue weighted by Gasteiger charge is 2.20. The Morgan fingerprint density at radius 1 is 1.47 bits per heavy atom. The van der Waals surface area contributed by atoms with E-state index in [4.69, 9.17) is 5.11 Å². The molecule has 78 valence electrons. The number of hydrogen-bond donors (Lipinski definition) is 2. The van der Waals surface area contributed by atoms with Gasteiger partial charge in [0, 0.05) is 0 Å². The average molecular weight is 203 g/mol. The van der Waals surface area contributed by atoms with Crippen molar-refractivity contribution in [2.24, 2.45) is 0 Å². The van der Waals surface area contributed by atoms with E-state index in [0.29, 0.717) is 0 Å². The van der Waals surface area contributed by atoms with Crippen LogP contribution in [0.2, 0.25) is 0 Å². The summed E-state index contributed by atoms with van der Waals surface area (Å²) in [6.07, 6.45) is 4.01. The maximum atomic E-state index is 10.7. The molecule has 1 aliphatic rings. The molecule has 0 fully saturated rings. The largest absolute Gasteiger partial charge is 0.480 e. The lowest BCUT2D eigenvalue weighted by atomic mass is 10.1. The Balaban J connectivity index is 2.15. The molecule has 2 rings (SSSR count). The van der Waals surface area contributed by atoms with E-state index in [1.807, 2.05) is 36.4 Å². The van der Waals surface area contributed by atoms with E-state index in [0.717, 1.165) is 11.1 Å². The molecule has 0 heterocycles. The molecular formula is C12H13NO2. The fraction of sp³-hybridized carbons (Fsp3) is 0.250. The van der Waals surface area contributed by atoms with Crippen molar-refractivity contribution in [2.75, 3.05) is 0 Å². The van der Waals surface area contributed by atoms with Crippen LogP contribution < -0.4 is 5.32 Å². The molecule has 0 bridgehead atoms. The monoisotopic (exact) mass is 203 g/mol. The summed E-state index contributed by atoms with van der Waals surface area (Å²) in [6.45, 7) is 1.65. The molecular weight excluding hydrogens is 190 g/mol. The van der Waals surface area contributed by atoms with Gasteiger partial charge in [0.1, 0.15) is 6.04 Å². The van der Waals surface area contributed by atoms with Crippen LogP contribution in [0.4, 0.5) is 0 Å². The minimum atomic E-state index is -0.826. The number of carboxylic acid groups (broad SMARTS) is 1. The van der Waals surface area contributed by atoms with Crippen LogP contribution in [-0.2, 0) is 4.79 Å². The molecule has 1 aliphatic carbocycles. The van der Waals surface area contributed by atoms with Crippen LogP contribution in [0, 0.1) is 0 Å². The van der Waals surface area contributed by atoms with E-state index in [2.05, 4.69) is 5.32 Å². The van der Waals surface area contributed by atoms with Crippen LogP contribution in [0.3, 0.4) is 0 Å². The average Bonchev–Trinajstić information content (AvgIpc) is 2.62. The third-order valence-corrected chi connectivity index (χ3v) is 2.60. The van der Waals surface area contributed by atoms with Gasteiger partial charge in [-0.25, -0.2) is 0 Å². The van der Waals surface area contributed by atoms with Crippen LogP contribution in [0.5, 0.6) is 0 Å². The fourth-order valence-electron chi connectivity index (χ4n) is 1.74. The van der Waals surface area contributed by atoms with E-state index >= 15 is 0 Å². The van der Waals surface area contributed by atoms with E-state index < -0.39 is 12.0 Å². The quantitative estimate of drug-likeness (QED) is 0.787. The number of hydrogen-bond acceptors (Lipinski definition) is 2. The minimum absolute atomic E-state index is 0.0206. The second-order valence-corrected chi connectivity index (χ2v) is 3.69. The molecule has 0 unspecified atom stereocenters. The molecule has 3 heteroatoms. The maximum absolute atomic E-state index is 10.7. The van der Waals surface area contributed by atoms with Crippen LogP contribution in [0.15, 0.2) is 30.3 Å². The van der Waals surface area contributed by atoms with Crippen molar-refractivity contribution in [2.45, 2.75) is 19.0 Å². The first-order valence-corrected chi connectivity index (χ1v) is 4.94. The van der Waals surface area contributed by atoms with Gasteiger partial charge in [0.15, 0.2) is 0 Å². The van der Waals surface area contributed by atoms with Crippen molar-refractivity contribution in [3.63, 3.8) is 0 Å². The SMILES string of the molecule is C[C@@H](N[C@@H]1C=Cc2ccccc21)C(=O)O. The first-order valence-electron chi connectivity index (χ1n) is 4.94. The molecule has 0 saturated carbocycles. The second kappa shape index (κ2) is 3.87. The lowest BCUT2D eigenvalue weighted by Crippen LogP contribution is -2.35. The van der Waals surface area contributed by atoms with Gasteiger partial charge in [-0.1, -0.05) is 36.4 Å². The fourth-order valence-corrected chi connectivity index (χ4v) is 1.74. The Hall–Kier alpha value is -1.61. The van der Waals surface area contributed by atoms with Gasteiger partial charge in [-0.2, -0.15) is 0 Å². The van der Waals surface area contributed by atoms with Gasteiger partial charge >= 0.3 is 5.97 Å². The Bertz CT molecular complexity index is 412. The third-order valence-electron chi connectivity index (χ3n) is 2.60. The predicted molar refractivity (Wildman–Crippen MR) is 58.5 cm³/mol. The Kier molecular flexibility index (Phi) is 2.56. The highest BCUT2D eigenvalue weighted by molar-refractivity contribution is 5.73. The maximum Gasteiger partial charge on any atom is 0.320 e. The van der Waals surface area contributed by atoms with Gasteiger partial charge in [-0.15, -0.1) is 0 Å². The van der Waals surface area contributed by atoms with Gasteiger partial charge in [-0.3, -0.25) is 10.1 Å². The van der Waals surface area contributed by atoms with E-state index in [9.17, 15) is 4.79 Å². The summed E-state index contributed by atoms with van der Waals surface area (Å²) in [5.74, 6) is -0.826. The van der Waals surface area contributed by atoms with Crippen LogP contribution in [-0.4, -0.2) is 17.1 Å². The van der Waals surface area contributed by atoms with Crippen molar-refractivity contribution in [1.29, 1.82) is 0 Å². The number of benzene rings is 1. The number of rotatable bonds is 3. The predicted octanol–water partition coefficient (Wildman–Crippen LogP) is 1.82. The Morgan fingerprint density at radius 2 is 2.20 bits per heavy atom. The van der Waals surface area contributed by atoms with Crippen molar-refractivity contribution in [3.8, 4) is 0 Å². The molecule has 0 aromatic heterocycles. The van der Waals surface area contributed by atoms with Gasteiger partial charge in [0.2, 0.25) is 0 Å². The molecule has 0 saturated heterocycles. The zero-order valence-electron chi connectivity index (χ0n) is 8.47. The van der Waals surface area contributed by atoms with E-state index in [1.165, 1.54) is 0 Å². The summed E-state index contributed by atoms with van der Waals surface area (Å²) >= 11 is 0. The topological polar surface area (TPSA) is 49.3 Å². The zero-order valence-corrected chi connectivity index (χ0v) is 8.47. The summed E-state index contributed by atoms with van der Waals surface area (Å²) in [5.41, 5.74) is 2.30. The number of aliphatic carboxylic acids is 1. The highest BCUT2D eigenvalue weighted by Crippen LogP contribution is 2.27. The van der Waals surface area contributed by atoms with Gasteiger partial charge in [-0.05, 0) is 18.1 Å². The molecule has 0 aliphatic heterocycles. The summed E-state index contributed by atoms with van der Waals surface area (Å²) < 4.78 is 0. The molecule has 0 amide bonds. The van der Waals surface area contributed by atoms with Gasteiger partial charge in [0.25, 0.3) is 0 Å². The van der Waals surface area contributed by atoms with E-state index in [-0.39, 0.29) is 6.04 Å². The molecule has 0 radical (unpaired) electrons.